The molecule has 4 aromatic rings. The SMILES string of the molecule is c1ccc(NC(=NCCOc2ccc3ccccc3c2)Nc2ccccc2)cc1. The van der Waals surface area contributed by atoms with Crippen LogP contribution in [0.25, 0.3) is 10.8 Å². The van der Waals surface area contributed by atoms with E-state index in [1.165, 1.54) is 10.8 Å². The van der Waals surface area contributed by atoms with Gasteiger partial charge in [0.15, 0.2) is 5.96 Å². The highest BCUT2D eigenvalue weighted by atomic mass is 16.5. The van der Waals surface area contributed by atoms with Crippen LogP contribution in [0, 0.1) is 0 Å². The lowest BCUT2D eigenvalue weighted by molar-refractivity contribution is 0.329. The summed E-state index contributed by atoms with van der Waals surface area (Å²) in [5.41, 5.74) is 1.95. The summed E-state index contributed by atoms with van der Waals surface area (Å²) in [5.74, 6) is 1.54. The smallest absolute Gasteiger partial charge is 0.200 e. The highest BCUT2D eigenvalue weighted by Gasteiger charge is 2.02. The predicted octanol–water partition coefficient (Wildman–Crippen LogP) is 5.80. The molecule has 4 aromatic carbocycles. The minimum atomic E-state index is 0.495. The molecular weight excluding hydrogens is 358 g/mol. The zero-order chi connectivity index (χ0) is 19.7. The second kappa shape index (κ2) is 9.42. The molecule has 0 bridgehead atoms. The highest BCUT2D eigenvalue weighted by Crippen LogP contribution is 2.20. The van der Waals surface area contributed by atoms with Gasteiger partial charge in [-0.25, -0.2) is 4.99 Å². The molecule has 0 atom stereocenters. The van der Waals surface area contributed by atoms with Gasteiger partial charge in [0.2, 0.25) is 0 Å². The van der Waals surface area contributed by atoms with Gasteiger partial charge in [-0.2, -0.15) is 0 Å². The lowest BCUT2D eigenvalue weighted by Crippen LogP contribution is -2.23. The second-order valence-corrected chi connectivity index (χ2v) is 6.57. The molecule has 2 N–H and O–H groups in total. The van der Waals surface area contributed by atoms with Gasteiger partial charge in [-0.3, -0.25) is 0 Å². The summed E-state index contributed by atoms with van der Waals surface area (Å²) in [6.07, 6.45) is 0. The predicted molar refractivity (Wildman–Crippen MR) is 122 cm³/mol. The third-order valence-corrected chi connectivity index (χ3v) is 4.42. The molecule has 0 saturated carbocycles. The Bertz CT molecular complexity index is 1040. The van der Waals surface area contributed by atoms with E-state index in [0.717, 1.165) is 17.1 Å². The van der Waals surface area contributed by atoms with Crippen LogP contribution >= 0.6 is 0 Å². The van der Waals surface area contributed by atoms with Crippen molar-refractivity contribution in [3.8, 4) is 5.75 Å². The lowest BCUT2D eigenvalue weighted by Gasteiger charge is -2.13. The van der Waals surface area contributed by atoms with Gasteiger partial charge in [-0.15, -0.1) is 0 Å². The van der Waals surface area contributed by atoms with E-state index in [1.54, 1.807) is 0 Å². The largest absolute Gasteiger partial charge is 0.492 e. The summed E-state index contributed by atoms with van der Waals surface area (Å²) >= 11 is 0. The van der Waals surface area contributed by atoms with Crippen LogP contribution in [0.5, 0.6) is 5.75 Å². The molecule has 0 fully saturated rings. The van der Waals surface area contributed by atoms with E-state index in [-0.39, 0.29) is 0 Å². The molecular formula is C25H23N3O. The number of nitrogens with one attached hydrogen (secondary N) is 2. The molecule has 0 spiro atoms. The van der Waals surface area contributed by atoms with Gasteiger partial charge >= 0.3 is 0 Å². The van der Waals surface area contributed by atoms with Crippen molar-refractivity contribution in [1.29, 1.82) is 0 Å². The topological polar surface area (TPSA) is 45.7 Å². The normalized spacial score (nSPS) is 10.3. The van der Waals surface area contributed by atoms with E-state index in [1.807, 2.05) is 78.9 Å². The quantitative estimate of drug-likeness (QED) is 0.252. The number of fused-ring (bicyclic) bond motifs is 1. The Morgan fingerprint density at radius 2 is 1.24 bits per heavy atom. The molecule has 0 aliphatic rings. The summed E-state index contributed by atoms with van der Waals surface area (Å²) in [4.78, 5) is 4.66. The maximum atomic E-state index is 5.90. The Morgan fingerprint density at radius 3 is 1.90 bits per heavy atom. The van der Waals surface area contributed by atoms with Crippen LogP contribution in [0.3, 0.4) is 0 Å². The monoisotopic (exact) mass is 381 g/mol. The van der Waals surface area contributed by atoms with Gasteiger partial charge in [0, 0.05) is 11.4 Å². The number of nitrogens with zero attached hydrogens (tertiary/aromatic N) is 1. The van der Waals surface area contributed by atoms with Crippen molar-refractivity contribution < 1.29 is 4.74 Å². The van der Waals surface area contributed by atoms with Crippen LogP contribution < -0.4 is 15.4 Å². The molecule has 4 heteroatoms. The fourth-order valence-electron chi connectivity index (χ4n) is 3.00. The van der Waals surface area contributed by atoms with Crippen molar-refractivity contribution in [2.45, 2.75) is 0 Å². The summed E-state index contributed by atoms with van der Waals surface area (Å²) in [6, 6.07) is 34.4. The van der Waals surface area contributed by atoms with Crippen LogP contribution in [-0.4, -0.2) is 19.1 Å². The number of benzene rings is 4. The lowest BCUT2D eigenvalue weighted by atomic mass is 10.1. The van der Waals surface area contributed by atoms with Crippen LogP contribution in [0.15, 0.2) is 108 Å². The van der Waals surface area contributed by atoms with E-state index in [4.69, 9.17) is 4.74 Å². The molecule has 0 aliphatic carbocycles. The molecule has 4 rings (SSSR count). The first-order valence-corrected chi connectivity index (χ1v) is 9.67. The maximum Gasteiger partial charge on any atom is 0.200 e. The van der Waals surface area contributed by atoms with E-state index in [2.05, 4.69) is 39.9 Å². The van der Waals surface area contributed by atoms with Gasteiger partial charge in [-0.1, -0.05) is 66.7 Å². The molecule has 144 valence electrons. The maximum absolute atomic E-state index is 5.90. The molecule has 0 saturated heterocycles. The van der Waals surface area contributed by atoms with Crippen molar-refractivity contribution in [2.75, 3.05) is 23.8 Å². The number of aliphatic imine (C=N–C) groups is 1. The van der Waals surface area contributed by atoms with Crippen molar-refractivity contribution >= 4 is 28.1 Å². The molecule has 0 radical (unpaired) electrons. The summed E-state index contributed by atoms with van der Waals surface area (Å²) in [6.45, 7) is 1.02. The highest BCUT2D eigenvalue weighted by molar-refractivity contribution is 6.03. The van der Waals surface area contributed by atoms with Crippen LogP contribution in [0.1, 0.15) is 0 Å². The van der Waals surface area contributed by atoms with Crippen molar-refractivity contribution in [2.24, 2.45) is 4.99 Å². The number of para-hydroxylation sites is 2. The Morgan fingerprint density at radius 1 is 0.655 bits per heavy atom. The van der Waals surface area contributed by atoms with Crippen molar-refractivity contribution in [3.05, 3.63) is 103 Å². The standard InChI is InChI=1S/C25H23N3O/c1-3-11-22(12-4-1)27-25(28-23-13-5-2-6-14-23)26-17-18-29-24-16-15-20-9-7-8-10-21(20)19-24/h1-16,19H,17-18H2,(H2,26,27,28). The molecule has 0 aromatic heterocycles. The Balaban J connectivity index is 1.40. The minimum Gasteiger partial charge on any atom is -0.492 e. The zero-order valence-corrected chi connectivity index (χ0v) is 16.1. The van der Waals surface area contributed by atoms with Crippen LogP contribution in [-0.2, 0) is 0 Å². The first-order chi connectivity index (χ1) is 14.4. The van der Waals surface area contributed by atoms with E-state index in [9.17, 15) is 0 Å². The third kappa shape index (κ3) is 5.36. The third-order valence-electron chi connectivity index (χ3n) is 4.42. The molecule has 4 nitrogen and oxygen atoms in total. The number of rotatable bonds is 6. The van der Waals surface area contributed by atoms with Gasteiger partial charge in [-0.05, 0) is 47.2 Å². The molecule has 0 amide bonds. The Labute approximate surface area is 170 Å². The average molecular weight is 381 g/mol. The van der Waals surface area contributed by atoms with Crippen LogP contribution in [0.4, 0.5) is 11.4 Å². The number of hydrogen-bond acceptors (Lipinski definition) is 2. The Hall–Kier alpha value is -3.79. The van der Waals surface area contributed by atoms with Crippen molar-refractivity contribution in [3.63, 3.8) is 0 Å². The number of hydrogen-bond donors (Lipinski definition) is 2. The first-order valence-electron chi connectivity index (χ1n) is 9.67. The molecule has 0 heterocycles. The van der Waals surface area contributed by atoms with Gasteiger partial charge in [0.25, 0.3) is 0 Å². The van der Waals surface area contributed by atoms with E-state index in [0.29, 0.717) is 19.1 Å². The average Bonchev–Trinajstić information content (AvgIpc) is 2.78. The molecule has 29 heavy (non-hydrogen) atoms. The van der Waals surface area contributed by atoms with Gasteiger partial charge in [0.1, 0.15) is 12.4 Å². The first kappa shape index (κ1) is 18.6. The molecule has 0 unspecified atom stereocenters. The van der Waals surface area contributed by atoms with Gasteiger partial charge in [0.05, 0.1) is 6.54 Å². The minimum absolute atomic E-state index is 0.495. The fraction of sp³-hybridized carbons (Fsp3) is 0.0800. The van der Waals surface area contributed by atoms with Crippen LogP contribution in [0.2, 0.25) is 0 Å². The van der Waals surface area contributed by atoms with E-state index >= 15 is 0 Å². The summed E-state index contributed by atoms with van der Waals surface area (Å²) in [7, 11) is 0. The summed E-state index contributed by atoms with van der Waals surface area (Å²) < 4.78 is 5.90. The second-order valence-electron chi connectivity index (χ2n) is 6.57. The summed E-state index contributed by atoms with van der Waals surface area (Å²) in [5, 5.41) is 9.05. The number of ether oxygens (including phenoxy) is 1. The number of anilines is 2. The van der Waals surface area contributed by atoms with Gasteiger partial charge < -0.3 is 15.4 Å². The Kier molecular flexibility index (Phi) is 6.03. The van der Waals surface area contributed by atoms with Crippen molar-refractivity contribution in [1.82, 2.24) is 0 Å². The zero-order valence-electron chi connectivity index (χ0n) is 16.1. The molecule has 0 aliphatic heterocycles. The fourth-order valence-corrected chi connectivity index (χ4v) is 3.00. The number of guanidine groups is 1. The van der Waals surface area contributed by atoms with E-state index < -0.39 is 0 Å².